The van der Waals surface area contributed by atoms with Crippen LogP contribution in [-0.2, 0) is 0 Å². The second-order valence-electron chi connectivity index (χ2n) is 6.96. The van der Waals surface area contributed by atoms with Crippen molar-refractivity contribution in [3.8, 4) is 6.07 Å². The van der Waals surface area contributed by atoms with Gasteiger partial charge in [0.1, 0.15) is 5.54 Å². The summed E-state index contributed by atoms with van der Waals surface area (Å²) < 4.78 is 0. The van der Waals surface area contributed by atoms with Gasteiger partial charge >= 0.3 is 0 Å². The van der Waals surface area contributed by atoms with Crippen molar-refractivity contribution in [2.24, 2.45) is 0 Å². The van der Waals surface area contributed by atoms with E-state index in [9.17, 15) is 5.26 Å². The van der Waals surface area contributed by atoms with Crippen molar-refractivity contribution in [1.82, 2.24) is 15.1 Å². The fourth-order valence-electron chi connectivity index (χ4n) is 3.25. The van der Waals surface area contributed by atoms with Crippen LogP contribution in [0.25, 0.3) is 0 Å². The lowest BCUT2D eigenvalue weighted by atomic mass is 9.96. The Hall–Kier alpha value is -0.630. The highest BCUT2D eigenvalue weighted by Crippen LogP contribution is 2.27. The summed E-state index contributed by atoms with van der Waals surface area (Å²) in [5, 5.41) is 12.7. The molecule has 1 aliphatic carbocycles. The van der Waals surface area contributed by atoms with Crippen LogP contribution in [0.5, 0.6) is 0 Å². The molecule has 2 aliphatic rings. The lowest BCUT2D eigenvalue weighted by Gasteiger charge is -2.35. The monoisotopic (exact) mass is 278 g/mol. The molecule has 1 heterocycles. The quantitative estimate of drug-likeness (QED) is 0.771. The van der Waals surface area contributed by atoms with Gasteiger partial charge in [-0.2, -0.15) is 5.26 Å². The van der Waals surface area contributed by atoms with E-state index in [2.05, 4.69) is 35.0 Å². The van der Waals surface area contributed by atoms with Crippen molar-refractivity contribution in [2.45, 2.75) is 64.1 Å². The van der Waals surface area contributed by atoms with E-state index >= 15 is 0 Å². The molecule has 1 saturated carbocycles. The van der Waals surface area contributed by atoms with Crippen LogP contribution in [0.4, 0.5) is 0 Å². The zero-order valence-corrected chi connectivity index (χ0v) is 13.4. The Morgan fingerprint density at radius 2 is 1.90 bits per heavy atom. The normalized spacial score (nSPS) is 24.6. The second kappa shape index (κ2) is 6.89. The number of nitrogens with zero attached hydrogens (tertiary/aromatic N) is 3. The number of piperazine rings is 1. The number of hydrogen-bond acceptors (Lipinski definition) is 4. The summed E-state index contributed by atoms with van der Waals surface area (Å²) in [6.07, 6.45) is 4.88. The van der Waals surface area contributed by atoms with Gasteiger partial charge in [0, 0.05) is 38.3 Å². The average Bonchev–Trinajstić information content (AvgIpc) is 3.23. The zero-order valence-electron chi connectivity index (χ0n) is 13.4. The minimum atomic E-state index is -0.371. The Labute approximate surface area is 124 Å². The zero-order chi connectivity index (χ0) is 14.6. The van der Waals surface area contributed by atoms with Crippen molar-refractivity contribution in [2.75, 3.05) is 32.7 Å². The summed E-state index contributed by atoms with van der Waals surface area (Å²) in [4.78, 5) is 5.21. The second-order valence-corrected chi connectivity index (χ2v) is 6.96. The molecule has 4 heteroatoms. The van der Waals surface area contributed by atoms with E-state index in [1.165, 1.54) is 39.0 Å². The summed E-state index contributed by atoms with van der Waals surface area (Å²) in [5.74, 6) is 0. The number of nitriles is 1. The summed E-state index contributed by atoms with van der Waals surface area (Å²) >= 11 is 0. The van der Waals surface area contributed by atoms with Gasteiger partial charge in [-0.05, 0) is 53.0 Å². The molecule has 0 aromatic heterocycles. The Kier molecular flexibility index (Phi) is 5.42. The SMILES string of the molecule is CC(C)NC(C)(C#N)CCCN1CCN(C2CC2)CC1. The Morgan fingerprint density at radius 3 is 2.40 bits per heavy atom. The highest BCUT2D eigenvalue weighted by atomic mass is 15.3. The van der Waals surface area contributed by atoms with E-state index in [1.54, 1.807) is 0 Å². The summed E-state index contributed by atoms with van der Waals surface area (Å²) in [6, 6.07) is 3.71. The Morgan fingerprint density at radius 1 is 1.25 bits per heavy atom. The largest absolute Gasteiger partial charge is 0.301 e. The molecule has 4 nitrogen and oxygen atoms in total. The summed E-state index contributed by atoms with van der Waals surface area (Å²) in [7, 11) is 0. The van der Waals surface area contributed by atoms with Gasteiger partial charge in [0.05, 0.1) is 6.07 Å². The molecule has 0 amide bonds. The fraction of sp³-hybridized carbons (Fsp3) is 0.938. The van der Waals surface area contributed by atoms with Gasteiger partial charge in [-0.25, -0.2) is 0 Å². The number of rotatable bonds is 7. The summed E-state index contributed by atoms with van der Waals surface area (Å²) in [6.45, 7) is 12.3. The van der Waals surface area contributed by atoms with Gasteiger partial charge in [0.2, 0.25) is 0 Å². The molecule has 1 aliphatic heterocycles. The molecule has 0 aromatic rings. The third-order valence-electron chi connectivity index (χ3n) is 4.48. The molecular formula is C16H30N4. The van der Waals surface area contributed by atoms with E-state index in [4.69, 9.17) is 0 Å². The third kappa shape index (κ3) is 4.73. The van der Waals surface area contributed by atoms with Gasteiger partial charge in [0.15, 0.2) is 0 Å². The van der Waals surface area contributed by atoms with Crippen LogP contribution in [-0.4, -0.2) is 60.1 Å². The van der Waals surface area contributed by atoms with Crippen LogP contribution >= 0.6 is 0 Å². The molecule has 1 atom stereocenters. The Balaban J connectivity index is 1.64. The van der Waals surface area contributed by atoms with Crippen molar-refractivity contribution in [3.63, 3.8) is 0 Å². The maximum absolute atomic E-state index is 9.34. The highest BCUT2D eigenvalue weighted by Gasteiger charge is 2.31. The topological polar surface area (TPSA) is 42.3 Å². The lowest BCUT2D eigenvalue weighted by Crippen LogP contribution is -2.48. The molecule has 20 heavy (non-hydrogen) atoms. The molecule has 0 radical (unpaired) electrons. The molecule has 1 saturated heterocycles. The van der Waals surface area contributed by atoms with E-state index < -0.39 is 0 Å². The van der Waals surface area contributed by atoms with Crippen LogP contribution in [0.15, 0.2) is 0 Å². The number of nitrogens with one attached hydrogen (secondary N) is 1. The molecule has 2 rings (SSSR count). The van der Waals surface area contributed by atoms with Crippen LogP contribution in [0.3, 0.4) is 0 Å². The lowest BCUT2D eigenvalue weighted by molar-refractivity contribution is 0.123. The molecule has 114 valence electrons. The molecule has 0 bridgehead atoms. The Bertz CT molecular complexity index is 337. The van der Waals surface area contributed by atoms with Crippen LogP contribution in [0.2, 0.25) is 0 Å². The van der Waals surface area contributed by atoms with E-state index in [1.807, 2.05) is 6.92 Å². The predicted molar refractivity (Wildman–Crippen MR) is 82.6 cm³/mol. The molecule has 0 spiro atoms. The maximum atomic E-state index is 9.34. The molecule has 1 unspecified atom stereocenters. The number of hydrogen-bond donors (Lipinski definition) is 1. The first-order valence-corrected chi connectivity index (χ1v) is 8.18. The highest BCUT2D eigenvalue weighted by molar-refractivity contribution is 5.04. The van der Waals surface area contributed by atoms with Crippen molar-refractivity contribution in [3.05, 3.63) is 0 Å². The molecule has 0 aromatic carbocycles. The molecular weight excluding hydrogens is 248 g/mol. The molecule has 1 N–H and O–H groups in total. The van der Waals surface area contributed by atoms with E-state index in [-0.39, 0.29) is 5.54 Å². The standard InChI is InChI=1S/C16H30N4/c1-14(2)18-16(3,13-17)7-4-8-19-9-11-20(12-10-19)15-5-6-15/h14-15,18H,4-12H2,1-3H3. The van der Waals surface area contributed by atoms with Crippen molar-refractivity contribution >= 4 is 0 Å². The fourth-order valence-corrected chi connectivity index (χ4v) is 3.25. The average molecular weight is 278 g/mol. The van der Waals surface area contributed by atoms with E-state index in [0.717, 1.165) is 25.4 Å². The summed E-state index contributed by atoms with van der Waals surface area (Å²) in [5.41, 5.74) is -0.371. The first-order chi connectivity index (χ1) is 9.52. The van der Waals surface area contributed by atoms with Crippen LogP contribution < -0.4 is 5.32 Å². The van der Waals surface area contributed by atoms with Crippen LogP contribution in [0, 0.1) is 11.3 Å². The maximum Gasteiger partial charge on any atom is 0.104 e. The van der Waals surface area contributed by atoms with E-state index in [0.29, 0.717) is 6.04 Å². The minimum Gasteiger partial charge on any atom is -0.301 e. The van der Waals surface area contributed by atoms with Gasteiger partial charge in [-0.1, -0.05) is 0 Å². The van der Waals surface area contributed by atoms with Crippen LogP contribution in [0.1, 0.15) is 46.5 Å². The predicted octanol–water partition coefficient (Wildman–Crippen LogP) is 1.83. The third-order valence-corrected chi connectivity index (χ3v) is 4.48. The van der Waals surface area contributed by atoms with Gasteiger partial charge < -0.3 is 4.90 Å². The smallest absolute Gasteiger partial charge is 0.104 e. The van der Waals surface area contributed by atoms with Gasteiger partial charge in [0.25, 0.3) is 0 Å². The first-order valence-electron chi connectivity index (χ1n) is 8.18. The van der Waals surface area contributed by atoms with Gasteiger partial charge in [-0.15, -0.1) is 0 Å². The van der Waals surface area contributed by atoms with Crippen molar-refractivity contribution < 1.29 is 0 Å². The first kappa shape index (κ1) is 15.8. The molecule has 2 fully saturated rings. The van der Waals surface area contributed by atoms with Crippen molar-refractivity contribution in [1.29, 1.82) is 5.26 Å². The van der Waals surface area contributed by atoms with Gasteiger partial charge in [-0.3, -0.25) is 10.2 Å². The minimum absolute atomic E-state index is 0.363.